The fourth-order valence-electron chi connectivity index (χ4n) is 1.98. The predicted molar refractivity (Wildman–Crippen MR) is 69.2 cm³/mol. The molecule has 1 N–H and O–H groups in total. The summed E-state index contributed by atoms with van der Waals surface area (Å²) in [6.07, 6.45) is 2.02. The summed E-state index contributed by atoms with van der Waals surface area (Å²) >= 11 is 1.64. The zero-order chi connectivity index (χ0) is 11.8. The Morgan fingerprint density at radius 3 is 2.76 bits per heavy atom. The van der Waals surface area contributed by atoms with Crippen LogP contribution in [0.15, 0.2) is 36.5 Å². The second-order valence-corrected chi connectivity index (χ2v) is 5.14. The molecule has 0 saturated carbocycles. The zero-order valence-electron chi connectivity index (χ0n) is 9.42. The number of aromatic nitrogens is 2. The van der Waals surface area contributed by atoms with Crippen LogP contribution in [0.1, 0.15) is 10.6 Å². The first-order valence-electron chi connectivity index (χ1n) is 5.43. The number of aliphatic hydroxyl groups is 1. The topological polar surface area (TPSA) is 37.5 Å². The van der Waals surface area contributed by atoms with Gasteiger partial charge in [-0.05, 0) is 6.92 Å². The molecule has 1 aromatic carbocycles. The van der Waals surface area contributed by atoms with E-state index in [4.69, 9.17) is 0 Å². The van der Waals surface area contributed by atoms with Crippen LogP contribution in [0.4, 0.5) is 0 Å². The van der Waals surface area contributed by atoms with Gasteiger partial charge in [-0.3, -0.25) is 4.40 Å². The standard InChI is InChI=1S/C13H12N2OS/c1-9-7-15-11(8-16)12(14-13(15)17-9)10-5-3-2-4-6-10/h2-7,16H,8H2,1H3. The highest BCUT2D eigenvalue weighted by Crippen LogP contribution is 2.27. The molecule has 17 heavy (non-hydrogen) atoms. The number of thiazole rings is 1. The van der Waals surface area contributed by atoms with Crippen molar-refractivity contribution in [3.8, 4) is 11.3 Å². The van der Waals surface area contributed by atoms with Gasteiger partial charge in [0.05, 0.1) is 18.0 Å². The first kappa shape index (κ1) is 10.5. The van der Waals surface area contributed by atoms with E-state index in [-0.39, 0.29) is 6.61 Å². The minimum absolute atomic E-state index is 0.00156. The normalized spacial score (nSPS) is 11.2. The number of imidazole rings is 1. The highest BCUT2D eigenvalue weighted by Gasteiger charge is 2.14. The van der Waals surface area contributed by atoms with E-state index in [1.54, 1.807) is 11.3 Å². The van der Waals surface area contributed by atoms with E-state index in [1.165, 1.54) is 4.88 Å². The summed E-state index contributed by atoms with van der Waals surface area (Å²) in [5, 5.41) is 9.52. The Kier molecular flexibility index (Phi) is 2.46. The molecule has 0 aliphatic rings. The molecule has 2 aromatic heterocycles. The van der Waals surface area contributed by atoms with Gasteiger partial charge in [-0.1, -0.05) is 30.3 Å². The van der Waals surface area contributed by atoms with Crippen molar-refractivity contribution in [3.63, 3.8) is 0 Å². The van der Waals surface area contributed by atoms with Gasteiger partial charge in [0.1, 0.15) is 0 Å². The van der Waals surface area contributed by atoms with E-state index in [9.17, 15) is 5.11 Å². The van der Waals surface area contributed by atoms with Gasteiger partial charge in [0.25, 0.3) is 0 Å². The third kappa shape index (κ3) is 1.66. The lowest BCUT2D eigenvalue weighted by Gasteiger charge is -2.00. The Labute approximate surface area is 103 Å². The Hall–Kier alpha value is -1.65. The van der Waals surface area contributed by atoms with Crippen LogP contribution in [0.5, 0.6) is 0 Å². The molecular weight excluding hydrogens is 232 g/mol. The molecule has 2 heterocycles. The summed E-state index contributed by atoms with van der Waals surface area (Å²) in [5.74, 6) is 0. The highest BCUT2D eigenvalue weighted by atomic mass is 32.1. The van der Waals surface area contributed by atoms with Crippen LogP contribution in [-0.2, 0) is 6.61 Å². The van der Waals surface area contributed by atoms with Gasteiger partial charge < -0.3 is 5.11 Å². The van der Waals surface area contributed by atoms with Crippen molar-refractivity contribution in [1.29, 1.82) is 0 Å². The van der Waals surface area contributed by atoms with E-state index < -0.39 is 0 Å². The Morgan fingerprint density at radius 2 is 2.06 bits per heavy atom. The number of aryl methyl sites for hydroxylation is 1. The van der Waals surface area contributed by atoms with Crippen molar-refractivity contribution in [2.45, 2.75) is 13.5 Å². The molecule has 4 heteroatoms. The largest absolute Gasteiger partial charge is 0.390 e. The van der Waals surface area contributed by atoms with Gasteiger partial charge in [0, 0.05) is 16.6 Å². The van der Waals surface area contributed by atoms with E-state index in [1.807, 2.05) is 47.9 Å². The number of benzene rings is 1. The molecular formula is C13H12N2OS. The Morgan fingerprint density at radius 1 is 1.29 bits per heavy atom. The lowest BCUT2D eigenvalue weighted by atomic mass is 10.1. The molecule has 3 aromatic rings. The fourth-order valence-corrected chi connectivity index (χ4v) is 2.82. The third-order valence-corrected chi connectivity index (χ3v) is 3.64. The quantitative estimate of drug-likeness (QED) is 0.752. The Balaban J connectivity index is 2.26. The average molecular weight is 244 g/mol. The molecule has 0 spiro atoms. The van der Waals surface area contributed by atoms with Crippen LogP contribution in [0.3, 0.4) is 0 Å². The molecule has 0 bridgehead atoms. The fraction of sp³-hybridized carbons (Fsp3) is 0.154. The number of nitrogens with zero attached hydrogens (tertiary/aromatic N) is 2. The molecule has 0 radical (unpaired) electrons. The first-order chi connectivity index (χ1) is 8.29. The van der Waals surface area contributed by atoms with E-state index >= 15 is 0 Å². The summed E-state index contributed by atoms with van der Waals surface area (Å²) < 4.78 is 1.97. The third-order valence-electron chi connectivity index (χ3n) is 2.74. The minimum atomic E-state index is 0.00156. The summed E-state index contributed by atoms with van der Waals surface area (Å²) in [7, 11) is 0. The van der Waals surface area contributed by atoms with Gasteiger partial charge in [-0.2, -0.15) is 0 Å². The summed E-state index contributed by atoms with van der Waals surface area (Å²) in [4.78, 5) is 6.73. The number of hydrogen-bond acceptors (Lipinski definition) is 3. The van der Waals surface area contributed by atoms with E-state index in [0.29, 0.717) is 0 Å². The molecule has 0 aliphatic carbocycles. The van der Waals surface area contributed by atoms with Crippen LogP contribution in [0, 0.1) is 6.92 Å². The lowest BCUT2D eigenvalue weighted by molar-refractivity contribution is 0.276. The Bertz CT molecular complexity index is 655. The van der Waals surface area contributed by atoms with Crippen molar-refractivity contribution in [2.24, 2.45) is 0 Å². The van der Waals surface area contributed by atoms with Gasteiger partial charge in [0.15, 0.2) is 4.96 Å². The van der Waals surface area contributed by atoms with Crippen molar-refractivity contribution >= 4 is 16.3 Å². The van der Waals surface area contributed by atoms with Gasteiger partial charge in [-0.25, -0.2) is 4.98 Å². The summed E-state index contributed by atoms with van der Waals surface area (Å²) in [6, 6.07) is 9.96. The van der Waals surface area contributed by atoms with Crippen LogP contribution < -0.4 is 0 Å². The minimum Gasteiger partial charge on any atom is -0.390 e. The van der Waals surface area contributed by atoms with Crippen LogP contribution in [0.25, 0.3) is 16.2 Å². The molecule has 0 unspecified atom stereocenters. The number of rotatable bonds is 2. The predicted octanol–water partition coefficient (Wildman–Crippen LogP) is 2.86. The maximum absolute atomic E-state index is 9.52. The number of aliphatic hydroxyl groups excluding tert-OH is 1. The molecule has 3 rings (SSSR count). The van der Waals surface area contributed by atoms with E-state index in [0.717, 1.165) is 21.9 Å². The maximum Gasteiger partial charge on any atom is 0.194 e. The number of fused-ring (bicyclic) bond motifs is 1. The van der Waals surface area contributed by atoms with Gasteiger partial charge in [-0.15, -0.1) is 11.3 Å². The average Bonchev–Trinajstić information content (AvgIpc) is 2.85. The molecule has 0 saturated heterocycles. The zero-order valence-corrected chi connectivity index (χ0v) is 10.2. The molecule has 0 fully saturated rings. The van der Waals surface area contributed by atoms with E-state index in [2.05, 4.69) is 4.98 Å². The smallest absolute Gasteiger partial charge is 0.194 e. The van der Waals surface area contributed by atoms with Crippen LogP contribution >= 0.6 is 11.3 Å². The van der Waals surface area contributed by atoms with Crippen LogP contribution in [0.2, 0.25) is 0 Å². The molecule has 0 amide bonds. The molecule has 0 aliphatic heterocycles. The van der Waals surface area contributed by atoms with Crippen molar-refractivity contribution in [1.82, 2.24) is 9.38 Å². The summed E-state index contributed by atoms with van der Waals surface area (Å²) in [5.41, 5.74) is 2.78. The maximum atomic E-state index is 9.52. The SMILES string of the molecule is Cc1cn2c(CO)c(-c3ccccc3)nc2s1. The first-order valence-corrected chi connectivity index (χ1v) is 6.25. The monoisotopic (exact) mass is 244 g/mol. The van der Waals surface area contributed by atoms with Gasteiger partial charge in [0.2, 0.25) is 0 Å². The molecule has 86 valence electrons. The molecule has 0 atom stereocenters. The number of hydrogen-bond donors (Lipinski definition) is 1. The summed E-state index contributed by atoms with van der Waals surface area (Å²) in [6.45, 7) is 2.05. The second kappa shape index (κ2) is 3.98. The van der Waals surface area contributed by atoms with Crippen molar-refractivity contribution in [3.05, 3.63) is 47.1 Å². The van der Waals surface area contributed by atoms with Crippen molar-refractivity contribution in [2.75, 3.05) is 0 Å². The van der Waals surface area contributed by atoms with Gasteiger partial charge >= 0.3 is 0 Å². The molecule has 3 nitrogen and oxygen atoms in total. The second-order valence-electron chi connectivity index (χ2n) is 3.93. The highest BCUT2D eigenvalue weighted by molar-refractivity contribution is 7.17. The lowest BCUT2D eigenvalue weighted by Crippen LogP contribution is -1.92. The van der Waals surface area contributed by atoms with Crippen LogP contribution in [-0.4, -0.2) is 14.5 Å². The van der Waals surface area contributed by atoms with Crippen molar-refractivity contribution < 1.29 is 5.11 Å².